The molecular formula is C15H12BrCl2NO3. The van der Waals surface area contributed by atoms with Gasteiger partial charge < -0.3 is 9.47 Å². The predicted octanol–water partition coefficient (Wildman–Crippen LogP) is 4.66. The van der Waals surface area contributed by atoms with Gasteiger partial charge in [-0.1, -0.05) is 39.1 Å². The van der Waals surface area contributed by atoms with Gasteiger partial charge in [-0.25, -0.2) is 9.78 Å². The van der Waals surface area contributed by atoms with Gasteiger partial charge in [-0.05, 0) is 43.3 Å². The third-order valence-corrected chi connectivity index (χ3v) is 3.78. The van der Waals surface area contributed by atoms with E-state index in [0.29, 0.717) is 16.5 Å². The Morgan fingerprint density at radius 2 is 1.91 bits per heavy atom. The van der Waals surface area contributed by atoms with E-state index < -0.39 is 12.1 Å². The normalized spacial score (nSPS) is 11.8. The smallest absolute Gasteiger partial charge is 0.347 e. The molecular weight excluding hydrogens is 393 g/mol. The summed E-state index contributed by atoms with van der Waals surface area (Å²) in [5.74, 6) is 0.0623. The van der Waals surface area contributed by atoms with Crippen molar-refractivity contribution in [2.75, 3.05) is 0 Å². The number of benzene rings is 1. The lowest BCUT2D eigenvalue weighted by molar-refractivity contribution is -0.152. The van der Waals surface area contributed by atoms with Crippen molar-refractivity contribution in [3.63, 3.8) is 0 Å². The van der Waals surface area contributed by atoms with Crippen LogP contribution in [0.15, 0.2) is 40.9 Å². The molecule has 0 saturated carbocycles. The van der Waals surface area contributed by atoms with Crippen LogP contribution in [0.2, 0.25) is 10.2 Å². The second-order valence-corrected chi connectivity index (χ2v) is 6.09. The number of hydrogen-bond donors (Lipinski definition) is 0. The molecule has 0 aliphatic carbocycles. The SMILES string of the molecule is CC(Oc1ccc(Br)cc1)C(=O)OCc1nc(Cl)ccc1Cl. The number of hydrogen-bond acceptors (Lipinski definition) is 4. The van der Waals surface area contributed by atoms with Crippen LogP contribution in [0.4, 0.5) is 0 Å². The molecule has 1 aromatic heterocycles. The van der Waals surface area contributed by atoms with Gasteiger partial charge in [0.15, 0.2) is 6.10 Å². The van der Waals surface area contributed by atoms with Gasteiger partial charge in [-0.15, -0.1) is 0 Å². The first-order chi connectivity index (χ1) is 10.5. The maximum absolute atomic E-state index is 11.9. The molecule has 0 saturated heterocycles. The summed E-state index contributed by atoms with van der Waals surface area (Å²) in [6.45, 7) is 1.55. The van der Waals surface area contributed by atoms with E-state index in [9.17, 15) is 4.79 Å². The van der Waals surface area contributed by atoms with Gasteiger partial charge in [0.2, 0.25) is 0 Å². The molecule has 0 bridgehead atoms. The van der Waals surface area contributed by atoms with Crippen LogP contribution in [0.1, 0.15) is 12.6 Å². The summed E-state index contributed by atoms with van der Waals surface area (Å²) in [7, 11) is 0. The molecule has 4 nitrogen and oxygen atoms in total. The fourth-order valence-electron chi connectivity index (χ4n) is 1.58. The van der Waals surface area contributed by atoms with E-state index in [1.54, 1.807) is 31.2 Å². The second kappa shape index (κ2) is 7.81. The Morgan fingerprint density at radius 1 is 1.23 bits per heavy atom. The molecule has 1 atom stereocenters. The van der Waals surface area contributed by atoms with Gasteiger partial charge >= 0.3 is 5.97 Å². The fraction of sp³-hybridized carbons (Fsp3) is 0.200. The summed E-state index contributed by atoms with van der Waals surface area (Å²) in [4.78, 5) is 15.9. The summed E-state index contributed by atoms with van der Waals surface area (Å²) < 4.78 is 11.6. The van der Waals surface area contributed by atoms with E-state index in [1.165, 1.54) is 0 Å². The molecule has 7 heteroatoms. The third-order valence-electron chi connectivity index (χ3n) is 2.69. The van der Waals surface area contributed by atoms with E-state index in [4.69, 9.17) is 32.7 Å². The Labute approximate surface area is 146 Å². The number of rotatable bonds is 5. The van der Waals surface area contributed by atoms with Crippen molar-refractivity contribution in [3.8, 4) is 5.75 Å². The second-order valence-electron chi connectivity index (χ2n) is 4.38. The quantitative estimate of drug-likeness (QED) is 0.537. The first-order valence-corrected chi connectivity index (χ1v) is 7.90. The highest BCUT2D eigenvalue weighted by atomic mass is 79.9. The summed E-state index contributed by atoms with van der Waals surface area (Å²) in [5.41, 5.74) is 0.401. The predicted molar refractivity (Wildman–Crippen MR) is 88.3 cm³/mol. The minimum Gasteiger partial charge on any atom is -0.479 e. The monoisotopic (exact) mass is 403 g/mol. The number of carbonyl (C=O) groups excluding carboxylic acids is 1. The van der Waals surface area contributed by atoms with Crippen LogP contribution in [0.25, 0.3) is 0 Å². The molecule has 0 amide bonds. The van der Waals surface area contributed by atoms with Gasteiger partial charge in [0.1, 0.15) is 17.5 Å². The van der Waals surface area contributed by atoms with E-state index in [1.807, 2.05) is 12.1 Å². The molecule has 0 aliphatic heterocycles. The van der Waals surface area contributed by atoms with Crippen LogP contribution < -0.4 is 4.74 Å². The van der Waals surface area contributed by atoms with Crippen LogP contribution >= 0.6 is 39.1 Å². The molecule has 2 rings (SSSR count). The molecule has 116 valence electrons. The summed E-state index contributed by atoms with van der Waals surface area (Å²) in [6.07, 6.45) is -0.751. The molecule has 0 radical (unpaired) electrons. The molecule has 0 aliphatic rings. The lowest BCUT2D eigenvalue weighted by Crippen LogP contribution is -2.26. The lowest BCUT2D eigenvalue weighted by atomic mass is 10.3. The number of nitrogens with zero attached hydrogens (tertiary/aromatic N) is 1. The first-order valence-electron chi connectivity index (χ1n) is 6.35. The zero-order valence-corrected chi connectivity index (χ0v) is 14.7. The molecule has 2 aromatic rings. The molecule has 1 aromatic carbocycles. The van der Waals surface area contributed by atoms with Crippen LogP contribution in [-0.4, -0.2) is 17.1 Å². The van der Waals surface area contributed by atoms with E-state index in [2.05, 4.69) is 20.9 Å². The Kier molecular flexibility index (Phi) is 6.06. The zero-order chi connectivity index (χ0) is 16.1. The van der Waals surface area contributed by atoms with Gasteiger partial charge in [-0.3, -0.25) is 0 Å². The highest BCUT2D eigenvalue weighted by molar-refractivity contribution is 9.10. The first kappa shape index (κ1) is 17.1. The largest absolute Gasteiger partial charge is 0.479 e. The van der Waals surface area contributed by atoms with Gasteiger partial charge in [0, 0.05) is 4.47 Å². The average molecular weight is 405 g/mol. The molecule has 22 heavy (non-hydrogen) atoms. The Morgan fingerprint density at radius 3 is 2.59 bits per heavy atom. The van der Waals surface area contributed by atoms with Crippen molar-refractivity contribution in [3.05, 3.63) is 56.7 Å². The summed E-state index contributed by atoms with van der Waals surface area (Å²) in [6, 6.07) is 10.3. The number of pyridine rings is 1. The maximum Gasteiger partial charge on any atom is 0.347 e. The highest BCUT2D eigenvalue weighted by Crippen LogP contribution is 2.19. The minimum absolute atomic E-state index is 0.0632. The summed E-state index contributed by atoms with van der Waals surface area (Å²) >= 11 is 15.1. The zero-order valence-electron chi connectivity index (χ0n) is 11.6. The Balaban J connectivity index is 1.91. The van der Waals surface area contributed by atoms with Crippen molar-refractivity contribution in [1.29, 1.82) is 0 Å². The topological polar surface area (TPSA) is 48.4 Å². The van der Waals surface area contributed by atoms with Crippen molar-refractivity contribution in [2.45, 2.75) is 19.6 Å². The average Bonchev–Trinajstić information content (AvgIpc) is 2.50. The molecule has 0 fully saturated rings. The van der Waals surface area contributed by atoms with E-state index in [-0.39, 0.29) is 11.8 Å². The van der Waals surface area contributed by atoms with Crippen molar-refractivity contribution in [2.24, 2.45) is 0 Å². The van der Waals surface area contributed by atoms with Crippen molar-refractivity contribution in [1.82, 2.24) is 4.98 Å². The molecule has 0 spiro atoms. The number of ether oxygens (including phenoxy) is 2. The number of aromatic nitrogens is 1. The Bertz CT molecular complexity index is 664. The summed E-state index contributed by atoms with van der Waals surface area (Å²) in [5, 5.41) is 0.674. The van der Waals surface area contributed by atoms with Gasteiger partial charge in [0.05, 0.1) is 10.7 Å². The highest BCUT2D eigenvalue weighted by Gasteiger charge is 2.17. The van der Waals surface area contributed by atoms with Gasteiger partial charge in [0.25, 0.3) is 0 Å². The molecule has 1 unspecified atom stereocenters. The van der Waals surface area contributed by atoms with Crippen molar-refractivity contribution >= 4 is 45.1 Å². The van der Waals surface area contributed by atoms with E-state index in [0.717, 1.165) is 4.47 Å². The van der Waals surface area contributed by atoms with Crippen LogP contribution in [-0.2, 0) is 16.1 Å². The van der Waals surface area contributed by atoms with Crippen LogP contribution in [0.5, 0.6) is 5.75 Å². The molecule has 0 N–H and O–H groups in total. The van der Waals surface area contributed by atoms with Crippen LogP contribution in [0, 0.1) is 0 Å². The number of esters is 1. The number of halogens is 3. The maximum atomic E-state index is 11.9. The Hall–Kier alpha value is -1.30. The van der Waals surface area contributed by atoms with Gasteiger partial charge in [-0.2, -0.15) is 0 Å². The molecule has 1 heterocycles. The van der Waals surface area contributed by atoms with Crippen LogP contribution in [0.3, 0.4) is 0 Å². The lowest BCUT2D eigenvalue weighted by Gasteiger charge is -2.14. The standard InChI is InChI=1S/C15H12BrCl2NO3/c1-9(22-11-4-2-10(16)3-5-11)15(20)21-8-13-12(17)6-7-14(18)19-13/h2-7,9H,8H2,1H3. The van der Waals surface area contributed by atoms with E-state index >= 15 is 0 Å². The fourth-order valence-corrected chi connectivity index (χ4v) is 2.17. The van der Waals surface area contributed by atoms with Crippen molar-refractivity contribution < 1.29 is 14.3 Å². The minimum atomic E-state index is -0.751. The number of carbonyl (C=O) groups is 1. The third kappa shape index (κ3) is 4.87.